The summed E-state index contributed by atoms with van der Waals surface area (Å²) in [4.78, 5) is 47.6. The SMILES string of the molecule is CCN(c1ccc(OCCCCCCCCCC(=O)NC(C(=O)N2CC(O)CC2C(=O)NCc2ccc(-c3scnc3C)cc2)C(C)(C)C)cc1)S(=O)(=O)C1CC2OC1C(c1ccc(O)cc1)=C2c1ccc(O)cc1. The van der Waals surface area contributed by atoms with Crippen molar-refractivity contribution in [2.45, 2.75) is 141 Å². The Balaban J connectivity index is 0.736. The van der Waals surface area contributed by atoms with Gasteiger partial charge in [-0.1, -0.05) is 101 Å². The van der Waals surface area contributed by atoms with Gasteiger partial charge in [0, 0.05) is 32.5 Å². The number of anilines is 1. The number of aliphatic hydroxyl groups excluding tert-OH is 1. The molecule has 75 heavy (non-hydrogen) atoms. The molecule has 1 aromatic heterocycles. The number of hydrogen-bond acceptors (Lipinski definition) is 12. The molecule has 400 valence electrons. The Hall–Kier alpha value is -6.27. The first kappa shape index (κ1) is 55.0. The van der Waals surface area contributed by atoms with Crippen LogP contribution in [-0.2, 0) is 35.7 Å². The number of unbranched alkanes of at least 4 members (excludes halogenated alkanes) is 6. The van der Waals surface area contributed by atoms with Crippen LogP contribution >= 0.6 is 11.3 Å². The topological polar surface area (TPSA) is 208 Å². The number of β-amino-alcohol motifs (C(OH)–C–C–N with tert-alkyl or cyclic N) is 1. The Labute approximate surface area is 445 Å². The standard InChI is InChI=1S/C58H71N5O10S2/c1-6-63(75(70,71)49-33-48-51(39-19-25-43(64)26-20-39)52(53(49)73-48)40-21-27-44(65)28-22-40)42-23-29-46(30-24-42)72-31-13-11-9-7-8-10-12-14-50(67)61-55(58(3,4)5)57(69)62-35-45(66)32-47(62)56(68)59-34-38-15-17-41(18-16-38)54-37(2)60-36-74-54/h15-30,36,45,47-49,53,55,64-66H,6-14,31-35H2,1-5H3,(H,59,68)(H,61,67). The van der Waals surface area contributed by atoms with Crippen LogP contribution in [0.4, 0.5) is 5.69 Å². The largest absolute Gasteiger partial charge is 0.508 e. The molecular weight excluding hydrogens is 991 g/mol. The fourth-order valence-corrected chi connectivity index (χ4v) is 13.3. The van der Waals surface area contributed by atoms with E-state index in [1.54, 1.807) is 72.0 Å². The summed E-state index contributed by atoms with van der Waals surface area (Å²) >= 11 is 1.58. The number of rotatable bonds is 23. The van der Waals surface area contributed by atoms with Crippen molar-refractivity contribution in [2.75, 3.05) is 24.0 Å². The minimum absolute atomic E-state index is 0.0169. The summed E-state index contributed by atoms with van der Waals surface area (Å²) < 4.78 is 42.8. The maximum atomic E-state index is 14.5. The lowest BCUT2D eigenvalue weighted by atomic mass is 9.83. The van der Waals surface area contributed by atoms with E-state index >= 15 is 0 Å². The Bertz CT molecular complexity index is 2900. The number of sulfonamides is 1. The van der Waals surface area contributed by atoms with Crippen molar-refractivity contribution in [3.63, 3.8) is 0 Å². The first-order valence-electron chi connectivity index (χ1n) is 26.2. The number of thiazole rings is 1. The van der Waals surface area contributed by atoms with Crippen molar-refractivity contribution < 1.29 is 47.6 Å². The molecule has 8 rings (SSSR count). The van der Waals surface area contributed by atoms with Crippen LogP contribution in [0.3, 0.4) is 0 Å². The molecule has 17 heteroatoms. The van der Waals surface area contributed by atoms with Gasteiger partial charge < -0.3 is 40.3 Å². The zero-order valence-electron chi connectivity index (χ0n) is 43.5. The number of benzene rings is 4. The zero-order valence-corrected chi connectivity index (χ0v) is 45.2. The number of nitrogens with one attached hydrogen (secondary N) is 2. The first-order valence-corrected chi connectivity index (χ1v) is 28.6. The Morgan fingerprint density at radius 1 is 0.827 bits per heavy atom. The quantitative estimate of drug-likeness (QED) is 0.0390. The average Bonchev–Trinajstić information content (AvgIpc) is 4.21. The van der Waals surface area contributed by atoms with Gasteiger partial charge in [0.1, 0.15) is 40.7 Å². The van der Waals surface area contributed by atoms with Gasteiger partial charge in [0.2, 0.25) is 27.7 Å². The summed E-state index contributed by atoms with van der Waals surface area (Å²) in [6.07, 6.45) is 5.03. The number of fused-ring (bicyclic) bond motifs is 2. The van der Waals surface area contributed by atoms with Gasteiger partial charge in [-0.05, 0) is 120 Å². The predicted octanol–water partition coefficient (Wildman–Crippen LogP) is 9.15. The number of aromatic nitrogens is 1. The van der Waals surface area contributed by atoms with E-state index in [0.717, 1.165) is 82.5 Å². The number of hydrogen-bond donors (Lipinski definition) is 5. The van der Waals surface area contributed by atoms with Gasteiger partial charge in [-0.15, -0.1) is 11.3 Å². The molecule has 4 aromatic carbocycles. The average molecular weight is 1060 g/mol. The Kier molecular flexibility index (Phi) is 17.7. The number of aryl methyl sites for hydroxylation is 1. The zero-order chi connectivity index (χ0) is 53.4. The van der Waals surface area contributed by atoms with Gasteiger partial charge in [-0.25, -0.2) is 13.4 Å². The highest BCUT2D eigenvalue weighted by atomic mass is 32.2. The number of carbonyl (C=O) groups excluding carboxylic acids is 3. The molecular formula is C58H71N5O10S2. The van der Waals surface area contributed by atoms with Gasteiger partial charge >= 0.3 is 0 Å². The van der Waals surface area contributed by atoms with Crippen LogP contribution in [0, 0.1) is 12.3 Å². The van der Waals surface area contributed by atoms with Crippen molar-refractivity contribution in [3.05, 3.63) is 125 Å². The van der Waals surface area contributed by atoms with E-state index in [9.17, 15) is 38.1 Å². The molecule has 6 unspecified atom stereocenters. The van der Waals surface area contributed by atoms with Crippen LogP contribution in [0.15, 0.2) is 103 Å². The maximum absolute atomic E-state index is 14.5. The van der Waals surface area contributed by atoms with Crippen molar-refractivity contribution in [1.82, 2.24) is 20.5 Å². The lowest BCUT2D eigenvalue weighted by molar-refractivity contribution is -0.144. The highest BCUT2D eigenvalue weighted by molar-refractivity contribution is 7.93. The molecule has 0 radical (unpaired) electrons. The third kappa shape index (κ3) is 13.1. The van der Waals surface area contributed by atoms with Crippen LogP contribution < -0.4 is 19.7 Å². The first-order chi connectivity index (χ1) is 35.9. The normalized spacial score (nSPS) is 19.8. The molecule has 2 fully saturated rings. The van der Waals surface area contributed by atoms with E-state index in [0.29, 0.717) is 24.5 Å². The molecule has 2 bridgehead atoms. The molecule has 3 amide bonds. The Morgan fingerprint density at radius 3 is 2.03 bits per heavy atom. The molecule has 0 saturated carbocycles. The van der Waals surface area contributed by atoms with Crippen LogP contribution in [0.25, 0.3) is 21.6 Å². The van der Waals surface area contributed by atoms with E-state index in [4.69, 9.17) is 9.47 Å². The smallest absolute Gasteiger partial charge is 0.246 e. The van der Waals surface area contributed by atoms with Gasteiger partial charge in [-0.3, -0.25) is 18.7 Å². The van der Waals surface area contributed by atoms with Crippen molar-refractivity contribution in [1.29, 1.82) is 0 Å². The third-order valence-electron chi connectivity index (χ3n) is 14.5. The molecule has 4 heterocycles. The fourth-order valence-electron chi connectivity index (χ4n) is 10.5. The second-order valence-electron chi connectivity index (χ2n) is 21.0. The van der Waals surface area contributed by atoms with Crippen LogP contribution in [0.5, 0.6) is 17.2 Å². The van der Waals surface area contributed by atoms with E-state index in [1.165, 1.54) is 9.21 Å². The van der Waals surface area contributed by atoms with E-state index < -0.39 is 51.1 Å². The minimum Gasteiger partial charge on any atom is -0.508 e. The second-order valence-corrected chi connectivity index (χ2v) is 23.9. The lowest BCUT2D eigenvalue weighted by Gasteiger charge is -2.35. The molecule has 3 aliphatic heterocycles. The summed E-state index contributed by atoms with van der Waals surface area (Å²) in [5.41, 5.74) is 7.92. The number of likely N-dealkylation sites (tertiary alicyclic amines) is 1. The monoisotopic (exact) mass is 1060 g/mol. The predicted molar refractivity (Wildman–Crippen MR) is 293 cm³/mol. The van der Waals surface area contributed by atoms with E-state index in [-0.39, 0.29) is 68.1 Å². The van der Waals surface area contributed by atoms with Crippen LogP contribution in [-0.4, -0.2) is 107 Å². The number of phenols is 2. The molecule has 6 atom stereocenters. The number of amides is 3. The lowest BCUT2D eigenvalue weighted by Crippen LogP contribution is -2.57. The van der Waals surface area contributed by atoms with E-state index in [2.05, 4.69) is 15.6 Å². The maximum Gasteiger partial charge on any atom is 0.246 e. The van der Waals surface area contributed by atoms with Crippen molar-refractivity contribution in [3.8, 4) is 27.7 Å². The minimum atomic E-state index is -3.89. The number of ether oxygens (including phenoxy) is 2. The molecule has 2 saturated heterocycles. The molecule has 5 N–H and O–H groups in total. The summed E-state index contributed by atoms with van der Waals surface area (Å²) in [7, 11) is -3.89. The highest BCUT2D eigenvalue weighted by Gasteiger charge is 2.54. The molecule has 15 nitrogen and oxygen atoms in total. The number of carbonyl (C=O) groups is 3. The summed E-state index contributed by atoms with van der Waals surface area (Å²) in [6.45, 7) is 10.5. The number of phenolic OH excluding ortho intramolecular Hbond substituents is 2. The van der Waals surface area contributed by atoms with Gasteiger partial charge in [-0.2, -0.15) is 0 Å². The number of aliphatic hydroxyl groups is 1. The van der Waals surface area contributed by atoms with Crippen LogP contribution in [0.1, 0.15) is 114 Å². The third-order valence-corrected chi connectivity index (χ3v) is 17.7. The number of nitrogens with zero attached hydrogens (tertiary/aromatic N) is 3. The Morgan fingerprint density at radius 2 is 1.43 bits per heavy atom. The molecule has 0 spiro atoms. The summed E-state index contributed by atoms with van der Waals surface area (Å²) in [6, 6.07) is 26.9. The molecule has 5 aromatic rings. The molecule has 3 aliphatic rings. The van der Waals surface area contributed by atoms with Gasteiger partial charge in [0.15, 0.2) is 0 Å². The summed E-state index contributed by atoms with van der Waals surface area (Å²) in [5.74, 6) is -0.0483. The highest BCUT2D eigenvalue weighted by Crippen LogP contribution is 2.51. The number of aromatic hydroxyl groups is 2. The van der Waals surface area contributed by atoms with Crippen molar-refractivity contribution >= 4 is 55.9 Å². The summed E-state index contributed by atoms with van der Waals surface area (Å²) in [5, 5.41) is 35.7. The van der Waals surface area contributed by atoms with E-state index in [1.807, 2.05) is 76.5 Å². The second kappa shape index (κ2) is 24.2. The molecule has 0 aliphatic carbocycles. The van der Waals surface area contributed by atoms with Gasteiger partial charge in [0.25, 0.3) is 0 Å². The van der Waals surface area contributed by atoms with Crippen molar-refractivity contribution in [2.24, 2.45) is 5.41 Å². The fraction of sp³-hybridized carbons (Fsp3) is 0.448. The van der Waals surface area contributed by atoms with Gasteiger partial charge in [0.05, 0.1) is 40.6 Å². The van der Waals surface area contributed by atoms with Crippen LogP contribution in [0.2, 0.25) is 0 Å².